The first-order chi connectivity index (χ1) is 9.15. The Morgan fingerprint density at radius 1 is 1.42 bits per heavy atom. The number of rotatable bonds is 5. The summed E-state index contributed by atoms with van der Waals surface area (Å²) in [4.78, 5) is 11.6. The predicted molar refractivity (Wildman–Crippen MR) is 67.5 cm³/mol. The fourth-order valence-electron chi connectivity index (χ4n) is 1.63. The maximum atomic E-state index is 13.3. The van der Waals surface area contributed by atoms with Crippen LogP contribution in [0.4, 0.5) is 10.2 Å². The summed E-state index contributed by atoms with van der Waals surface area (Å²) in [5.41, 5.74) is 5.96. The lowest BCUT2D eigenvalue weighted by atomic mass is 10.1. The first-order valence-corrected chi connectivity index (χ1v) is 5.81. The fraction of sp³-hybridized carbons (Fsp3) is 0.250. The minimum atomic E-state index is -0.263. The third-order valence-corrected chi connectivity index (χ3v) is 2.54. The molecule has 2 rings (SSSR count). The minimum absolute atomic E-state index is 0.0431. The average molecular weight is 263 g/mol. The zero-order valence-electron chi connectivity index (χ0n) is 10.2. The summed E-state index contributed by atoms with van der Waals surface area (Å²) >= 11 is 0. The molecule has 0 aliphatic rings. The van der Waals surface area contributed by atoms with Gasteiger partial charge in [0.1, 0.15) is 12.4 Å². The molecule has 19 heavy (non-hydrogen) atoms. The van der Waals surface area contributed by atoms with E-state index in [-0.39, 0.29) is 24.1 Å². The van der Waals surface area contributed by atoms with Gasteiger partial charge in [0.2, 0.25) is 5.91 Å². The summed E-state index contributed by atoms with van der Waals surface area (Å²) in [5.74, 6) is -0.221. The Morgan fingerprint density at radius 3 is 2.89 bits per heavy atom. The standard InChI is InChI=1S/C12H14FN5O/c13-10-4-2-1-3-9(10)5-6-15-12(19)8-18-7-11(14)16-17-18/h1-4,7H,5-6,8,14H2,(H,15,19). The molecular weight excluding hydrogens is 249 g/mol. The maximum absolute atomic E-state index is 13.3. The molecule has 0 aliphatic heterocycles. The maximum Gasteiger partial charge on any atom is 0.241 e. The van der Waals surface area contributed by atoms with Crippen molar-refractivity contribution in [3.05, 3.63) is 41.8 Å². The number of benzene rings is 1. The van der Waals surface area contributed by atoms with Gasteiger partial charge in [-0.05, 0) is 18.1 Å². The van der Waals surface area contributed by atoms with Gasteiger partial charge in [0, 0.05) is 6.54 Å². The lowest BCUT2D eigenvalue weighted by molar-refractivity contribution is -0.121. The van der Waals surface area contributed by atoms with E-state index in [4.69, 9.17) is 5.73 Å². The van der Waals surface area contributed by atoms with Gasteiger partial charge in [-0.25, -0.2) is 9.07 Å². The monoisotopic (exact) mass is 263 g/mol. The first kappa shape index (κ1) is 13.0. The van der Waals surface area contributed by atoms with E-state index in [0.717, 1.165) is 0 Å². The van der Waals surface area contributed by atoms with Crippen LogP contribution in [0.2, 0.25) is 0 Å². The Hall–Kier alpha value is -2.44. The van der Waals surface area contributed by atoms with E-state index in [1.54, 1.807) is 18.2 Å². The molecule has 100 valence electrons. The van der Waals surface area contributed by atoms with E-state index < -0.39 is 0 Å². The van der Waals surface area contributed by atoms with Gasteiger partial charge in [-0.1, -0.05) is 23.4 Å². The van der Waals surface area contributed by atoms with Crippen LogP contribution in [-0.4, -0.2) is 27.4 Å². The highest BCUT2D eigenvalue weighted by molar-refractivity contribution is 5.75. The second kappa shape index (κ2) is 5.94. The average Bonchev–Trinajstić information content (AvgIpc) is 2.77. The van der Waals surface area contributed by atoms with Crippen molar-refractivity contribution in [2.45, 2.75) is 13.0 Å². The smallest absolute Gasteiger partial charge is 0.241 e. The lowest BCUT2D eigenvalue weighted by Crippen LogP contribution is -2.29. The molecule has 0 fully saturated rings. The van der Waals surface area contributed by atoms with Crippen molar-refractivity contribution in [2.24, 2.45) is 0 Å². The molecule has 0 bridgehead atoms. The Bertz CT molecular complexity index is 569. The van der Waals surface area contributed by atoms with Gasteiger partial charge in [-0.15, -0.1) is 5.10 Å². The predicted octanol–water partition coefficient (Wildman–Crippen LogP) is 0.358. The molecule has 1 heterocycles. The topological polar surface area (TPSA) is 85.8 Å². The number of anilines is 1. The van der Waals surface area contributed by atoms with Crippen molar-refractivity contribution in [3.8, 4) is 0 Å². The summed E-state index contributed by atoms with van der Waals surface area (Å²) in [5, 5.41) is 9.91. The number of aromatic nitrogens is 3. The normalized spacial score (nSPS) is 10.4. The summed E-state index contributed by atoms with van der Waals surface area (Å²) in [6.07, 6.45) is 1.91. The molecule has 3 N–H and O–H groups in total. The van der Waals surface area contributed by atoms with E-state index in [9.17, 15) is 9.18 Å². The molecule has 1 aromatic carbocycles. The number of carbonyl (C=O) groups is 1. The number of hydrogen-bond donors (Lipinski definition) is 2. The quantitative estimate of drug-likeness (QED) is 0.815. The summed E-state index contributed by atoms with van der Waals surface area (Å²) in [6.45, 7) is 0.408. The van der Waals surface area contributed by atoms with E-state index in [1.165, 1.54) is 16.9 Å². The van der Waals surface area contributed by atoms with E-state index in [2.05, 4.69) is 15.6 Å². The molecular formula is C12H14FN5O. The van der Waals surface area contributed by atoms with Crippen LogP contribution >= 0.6 is 0 Å². The third kappa shape index (κ3) is 3.77. The van der Waals surface area contributed by atoms with Crippen LogP contribution < -0.4 is 11.1 Å². The molecule has 0 aliphatic carbocycles. The molecule has 2 aromatic rings. The zero-order chi connectivity index (χ0) is 13.7. The number of nitrogens with one attached hydrogen (secondary N) is 1. The van der Waals surface area contributed by atoms with E-state index in [1.807, 2.05) is 0 Å². The molecule has 1 aromatic heterocycles. The highest BCUT2D eigenvalue weighted by Crippen LogP contribution is 2.06. The van der Waals surface area contributed by atoms with Gasteiger partial charge in [0.15, 0.2) is 5.82 Å². The molecule has 7 heteroatoms. The van der Waals surface area contributed by atoms with Crippen molar-refractivity contribution in [1.29, 1.82) is 0 Å². The molecule has 1 amide bonds. The largest absolute Gasteiger partial charge is 0.381 e. The van der Waals surface area contributed by atoms with Crippen LogP contribution in [0, 0.1) is 5.82 Å². The molecule has 0 radical (unpaired) electrons. The van der Waals surface area contributed by atoms with Crippen molar-refractivity contribution in [3.63, 3.8) is 0 Å². The second-order valence-electron chi connectivity index (χ2n) is 4.03. The van der Waals surface area contributed by atoms with Gasteiger partial charge < -0.3 is 11.1 Å². The first-order valence-electron chi connectivity index (χ1n) is 5.81. The highest BCUT2D eigenvalue weighted by atomic mass is 19.1. The van der Waals surface area contributed by atoms with Crippen LogP contribution in [-0.2, 0) is 17.8 Å². The molecule has 6 nitrogen and oxygen atoms in total. The third-order valence-electron chi connectivity index (χ3n) is 2.54. The number of halogens is 1. The van der Waals surface area contributed by atoms with Crippen molar-refractivity contribution in [1.82, 2.24) is 20.3 Å². The van der Waals surface area contributed by atoms with Gasteiger partial charge in [0.05, 0.1) is 6.20 Å². The fourth-order valence-corrected chi connectivity index (χ4v) is 1.63. The van der Waals surface area contributed by atoms with Crippen LogP contribution in [0.3, 0.4) is 0 Å². The summed E-state index contributed by atoms with van der Waals surface area (Å²) in [7, 11) is 0. The molecule has 0 saturated heterocycles. The Balaban J connectivity index is 1.77. The van der Waals surface area contributed by atoms with Crippen LogP contribution in [0.1, 0.15) is 5.56 Å². The van der Waals surface area contributed by atoms with Crippen molar-refractivity contribution < 1.29 is 9.18 Å². The van der Waals surface area contributed by atoms with Gasteiger partial charge in [-0.2, -0.15) is 0 Å². The number of hydrogen-bond acceptors (Lipinski definition) is 4. The number of nitrogens with two attached hydrogens (primary N) is 1. The molecule has 0 saturated carbocycles. The minimum Gasteiger partial charge on any atom is -0.381 e. The van der Waals surface area contributed by atoms with Crippen LogP contribution in [0.25, 0.3) is 0 Å². The van der Waals surface area contributed by atoms with E-state index in [0.29, 0.717) is 18.5 Å². The van der Waals surface area contributed by atoms with Gasteiger partial charge in [0.25, 0.3) is 0 Å². The molecule has 0 unspecified atom stereocenters. The zero-order valence-corrected chi connectivity index (χ0v) is 10.2. The molecule has 0 atom stereocenters. The van der Waals surface area contributed by atoms with Crippen LogP contribution in [0.15, 0.2) is 30.5 Å². The number of nitrogen functional groups attached to an aromatic ring is 1. The Kier molecular flexibility index (Phi) is 4.07. The number of nitrogens with zero attached hydrogens (tertiary/aromatic N) is 3. The summed E-state index contributed by atoms with van der Waals surface area (Å²) < 4.78 is 14.7. The number of carbonyl (C=O) groups excluding carboxylic acids is 1. The van der Waals surface area contributed by atoms with Crippen molar-refractivity contribution in [2.75, 3.05) is 12.3 Å². The van der Waals surface area contributed by atoms with Gasteiger partial charge >= 0.3 is 0 Å². The van der Waals surface area contributed by atoms with Crippen molar-refractivity contribution >= 4 is 11.7 Å². The Morgan fingerprint density at radius 2 is 2.21 bits per heavy atom. The van der Waals surface area contributed by atoms with Gasteiger partial charge in [-0.3, -0.25) is 4.79 Å². The second-order valence-corrected chi connectivity index (χ2v) is 4.03. The molecule has 0 spiro atoms. The van der Waals surface area contributed by atoms with Crippen LogP contribution in [0.5, 0.6) is 0 Å². The highest BCUT2D eigenvalue weighted by Gasteiger charge is 2.05. The lowest BCUT2D eigenvalue weighted by Gasteiger charge is -2.05. The van der Waals surface area contributed by atoms with E-state index >= 15 is 0 Å². The summed E-state index contributed by atoms with van der Waals surface area (Å²) in [6, 6.07) is 6.49. The SMILES string of the molecule is Nc1cn(CC(=O)NCCc2ccccc2F)nn1. The number of amides is 1. The Labute approximate surface area is 109 Å².